The molecule has 0 bridgehead atoms. The molecule has 4 rings (SSSR count). The minimum atomic E-state index is -0.730. The van der Waals surface area contributed by atoms with Crippen LogP contribution in [0.3, 0.4) is 0 Å². The van der Waals surface area contributed by atoms with Gasteiger partial charge < -0.3 is 19.6 Å². The van der Waals surface area contributed by atoms with Crippen LogP contribution in [-0.4, -0.2) is 70.2 Å². The number of Topliss-reactive ketones (excluding diaryl/α,β-unsaturated/α-hetero) is 1. The zero-order valence-electron chi connectivity index (χ0n) is 21.8. The molecule has 37 heavy (non-hydrogen) atoms. The first-order chi connectivity index (χ1) is 17.8. The van der Waals surface area contributed by atoms with Crippen LogP contribution in [0.4, 0.5) is 0 Å². The van der Waals surface area contributed by atoms with Gasteiger partial charge in [-0.25, -0.2) is 4.68 Å². The molecule has 2 aromatic carbocycles. The van der Waals surface area contributed by atoms with Gasteiger partial charge in [0.25, 0.3) is 11.7 Å². The molecule has 3 aromatic rings. The zero-order valence-corrected chi connectivity index (χ0v) is 21.8. The highest BCUT2D eigenvalue weighted by molar-refractivity contribution is 6.46. The lowest BCUT2D eigenvalue weighted by atomic mass is 9.95. The molecule has 0 saturated carbocycles. The second-order valence-corrected chi connectivity index (χ2v) is 9.46. The molecule has 0 aliphatic carbocycles. The van der Waals surface area contributed by atoms with Crippen molar-refractivity contribution in [3.8, 4) is 11.4 Å². The number of amides is 1. The van der Waals surface area contributed by atoms with E-state index in [0.717, 1.165) is 18.7 Å². The first-order valence-corrected chi connectivity index (χ1v) is 12.6. The van der Waals surface area contributed by atoms with Crippen LogP contribution in [0.2, 0.25) is 0 Å². The van der Waals surface area contributed by atoms with E-state index in [9.17, 15) is 14.7 Å². The van der Waals surface area contributed by atoms with E-state index in [-0.39, 0.29) is 11.3 Å². The van der Waals surface area contributed by atoms with Gasteiger partial charge >= 0.3 is 0 Å². The highest BCUT2D eigenvalue weighted by Crippen LogP contribution is 2.40. The summed E-state index contributed by atoms with van der Waals surface area (Å²) < 4.78 is 7.53. The standard InChI is InChI=1S/C29H34N4O4/c1-5-17-37-23-14-9-11-21(18-23)26-25(28(35)29(36)32(26)16-10-15-31(3)4)27(34)24-19-30-33(20(24)2)22-12-7-6-8-13-22/h6-9,11-14,18-19,26,34H,5,10,15-17H2,1-4H3. The van der Waals surface area contributed by atoms with Crippen LogP contribution in [0.15, 0.2) is 66.4 Å². The molecule has 1 fully saturated rings. The SMILES string of the molecule is CCCOc1cccc(C2C(=C(O)c3cnn(-c4ccccc4)c3C)C(=O)C(=O)N2CCCN(C)C)c1. The molecule has 2 heterocycles. The molecule has 1 aliphatic rings. The number of ketones is 1. The van der Waals surface area contributed by atoms with Gasteiger partial charge in [-0.05, 0) is 70.2 Å². The van der Waals surface area contributed by atoms with Gasteiger partial charge in [0, 0.05) is 6.54 Å². The smallest absolute Gasteiger partial charge is 0.295 e. The summed E-state index contributed by atoms with van der Waals surface area (Å²) in [6, 6.07) is 16.2. The first-order valence-electron chi connectivity index (χ1n) is 12.6. The van der Waals surface area contributed by atoms with Crippen molar-refractivity contribution in [3.05, 3.63) is 83.2 Å². The Morgan fingerprint density at radius 2 is 1.86 bits per heavy atom. The minimum absolute atomic E-state index is 0.0678. The number of aliphatic hydroxyl groups is 1. The number of para-hydroxylation sites is 1. The van der Waals surface area contributed by atoms with Gasteiger partial charge in [-0.15, -0.1) is 0 Å². The van der Waals surface area contributed by atoms with Crippen LogP contribution in [0.5, 0.6) is 5.75 Å². The van der Waals surface area contributed by atoms with Gasteiger partial charge in [-0.1, -0.05) is 37.3 Å². The molecule has 1 aromatic heterocycles. The van der Waals surface area contributed by atoms with E-state index in [0.29, 0.717) is 42.1 Å². The number of hydrogen-bond acceptors (Lipinski definition) is 6. The molecular weight excluding hydrogens is 468 g/mol. The predicted molar refractivity (Wildman–Crippen MR) is 143 cm³/mol. The molecule has 0 spiro atoms. The van der Waals surface area contributed by atoms with Crippen molar-refractivity contribution in [1.29, 1.82) is 0 Å². The maximum absolute atomic E-state index is 13.4. The van der Waals surface area contributed by atoms with Crippen molar-refractivity contribution < 1.29 is 19.4 Å². The summed E-state index contributed by atoms with van der Waals surface area (Å²) in [5.41, 5.74) is 2.70. The Kier molecular flexibility index (Phi) is 8.08. The van der Waals surface area contributed by atoms with E-state index in [1.54, 1.807) is 9.58 Å². The van der Waals surface area contributed by atoms with Crippen molar-refractivity contribution in [2.75, 3.05) is 33.8 Å². The van der Waals surface area contributed by atoms with Crippen molar-refractivity contribution in [3.63, 3.8) is 0 Å². The number of ether oxygens (including phenoxy) is 1. The number of aliphatic hydroxyl groups excluding tert-OH is 1. The summed E-state index contributed by atoms with van der Waals surface area (Å²) in [5, 5.41) is 16.0. The molecule has 1 atom stereocenters. The fourth-order valence-electron chi connectivity index (χ4n) is 4.63. The van der Waals surface area contributed by atoms with Crippen LogP contribution in [0.1, 0.15) is 42.6 Å². The Bertz CT molecular complexity index is 1300. The van der Waals surface area contributed by atoms with Crippen LogP contribution < -0.4 is 4.74 Å². The molecule has 194 valence electrons. The summed E-state index contributed by atoms with van der Waals surface area (Å²) >= 11 is 0. The lowest BCUT2D eigenvalue weighted by Crippen LogP contribution is -2.32. The van der Waals surface area contributed by atoms with E-state index in [1.807, 2.05) is 87.4 Å². The number of carbonyl (C=O) groups is 2. The van der Waals surface area contributed by atoms with Gasteiger partial charge in [-0.3, -0.25) is 9.59 Å². The monoisotopic (exact) mass is 502 g/mol. The number of likely N-dealkylation sites (tertiary alicyclic amines) is 1. The van der Waals surface area contributed by atoms with Gasteiger partial charge in [0.2, 0.25) is 0 Å². The van der Waals surface area contributed by atoms with Crippen molar-refractivity contribution >= 4 is 17.4 Å². The topological polar surface area (TPSA) is 87.9 Å². The zero-order chi connectivity index (χ0) is 26.5. The van der Waals surface area contributed by atoms with Gasteiger partial charge in [0.15, 0.2) is 0 Å². The van der Waals surface area contributed by atoms with E-state index in [1.165, 1.54) is 6.20 Å². The van der Waals surface area contributed by atoms with Gasteiger partial charge in [-0.2, -0.15) is 5.10 Å². The maximum Gasteiger partial charge on any atom is 0.295 e. The number of aromatic nitrogens is 2. The summed E-state index contributed by atoms with van der Waals surface area (Å²) in [6.45, 7) is 5.56. The molecule has 0 radical (unpaired) electrons. The third-order valence-corrected chi connectivity index (χ3v) is 6.46. The minimum Gasteiger partial charge on any atom is -0.507 e. The molecule has 1 aliphatic heterocycles. The maximum atomic E-state index is 13.4. The molecule has 8 nitrogen and oxygen atoms in total. The highest BCUT2D eigenvalue weighted by atomic mass is 16.5. The normalized spacial score (nSPS) is 17.1. The third-order valence-electron chi connectivity index (χ3n) is 6.46. The summed E-state index contributed by atoms with van der Waals surface area (Å²) in [5.74, 6) is -0.873. The second-order valence-electron chi connectivity index (χ2n) is 9.46. The molecule has 8 heteroatoms. The highest BCUT2D eigenvalue weighted by Gasteiger charge is 2.46. The number of benzene rings is 2. The average Bonchev–Trinajstić information content (AvgIpc) is 3.40. The summed E-state index contributed by atoms with van der Waals surface area (Å²) in [7, 11) is 3.93. The number of carbonyl (C=O) groups excluding carboxylic acids is 2. The number of nitrogens with zero attached hydrogens (tertiary/aromatic N) is 4. The summed E-state index contributed by atoms with van der Waals surface area (Å²) in [4.78, 5) is 30.2. The van der Waals surface area contributed by atoms with Crippen LogP contribution in [-0.2, 0) is 9.59 Å². The predicted octanol–water partition coefficient (Wildman–Crippen LogP) is 4.34. The quantitative estimate of drug-likeness (QED) is 0.252. The lowest BCUT2D eigenvalue weighted by molar-refractivity contribution is -0.139. The van der Waals surface area contributed by atoms with Gasteiger partial charge in [0.05, 0.1) is 41.4 Å². The number of hydrogen-bond donors (Lipinski definition) is 1. The average molecular weight is 503 g/mol. The van der Waals surface area contributed by atoms with E-state index in [4.69, 9.17) is 4.74 Å². The molecule has 1 unspecified atom stereocenters. The van der Waals surface area contributed by atoms with Crippen LogP contribution in [0.25, 0.3) is 11.4 Å². The Labute approximate surface area is 217 Å². The third kappa shape index (κ3) is 5.44. The summed E-state index contributed by atoms with van der Waals surface area (Å²) in [6.07, 6.45) is 3.08. The Hall–Kier alpha value is -3.91. The van der Waals surface area contributed by atoms with Gasteiger partial charge in [0.1, 0.15) is 11.5 Å². The van der Waals surface area contributed by atoms with Crippen molar-refractivity contribution in [2.24, 2.45) is 0 Å². The molecule has 1 saturated heterocycles. The van der Waals surface area contributed by atoms with Crippen molar-refractivity contribution in [2.45, 2.75) is 32.7 Å². The van der Waals surface area contributed by atoms with Crippen LogP contribution >= 0.6 is 0 Å². The lowest BCUT2D eigenvalue weighted by Gasteiger charge is -2.26. The van der Waals surface area contributed by atoms with Crippen molar-refractivity contribution in [1.82, 2.24) is 19.6 Å². The second kappa shape index (κ2) is 11.4. The largest absolute Gasteiger partial charge is 0.507 e. The fraction of sp³-hybridized carbons (Fsp3) is 0.345. The fourth-order valence-corrected chi connectivity index (χ4v) is 4.63. The van der Waals surface area contributed by atoms with Crippen LogP contribution in [0, 0.1) is 6.92 Å². The number of rotatable bonds is 10. The Balaban J connectivity index is 1.80. The Morgan fingerprint density at radius 3 is 2.57 bits per heavy atom. The van der Waals surface area contributed by atoms with E-state index < -0.39 is 17.7 Å². The Morgan fingerprint density at radius 1 is 1.11 bits per heavy atom. The molecule has 1 N–H and O–H groups in total. The van der Waals surface area contributed by atoms with E-state index >= 15 is 0 Å². The van der Waals surface area contributed by atoms with E-state index in [2.05, 4.69) is 5.10 Å². The molecular formula is C29H34N4O4. The first kappa shape index (κ1) is 26.2. The molecule has 1 amide bonds.